The van der Waals surface area contributed by atoms with Gasteiger partial charge in [0.2, 0.25) is 0 Å². The second kappa shape index (κ2) is 7.24. The van der Waals surface area contributed by atoms with Crippen LogP contribution in [-0.4, -0.2) is 25.7 Å². The van der Waals surface area contributed by atoms with E-state index in [1.807, 2.05) is 0 Å². The van der Waals surface area contributed by atoms with Crippen LogP contribution in [0.2, 0.25) is 0 Å². The summed E-state index contributed by atoms with van der Waals surface area (Å²) in [5.41, 5.74) is 0. The Morgan fingerprint density at radius 3 is 2.36 bits per heavy atom. The quantitative estimate of drug-likeness (QED) is 0.639. The van der Waals surface area contributed by atoms with Crippen LogP contribution in [0.1, 0.15) is 46.0 Å². The molecule has 0 radical (unpaired) electrons. The molecule has 84 valence electrons. The molecule has 0 aromatic carbocycles. The van der Waals surface area contributed by atoms with E-state index in [0.29, 0.717) is 0 Å². The predicted molar refractivity (Wildman–Crippen MR) is 62.6 cm³/mol. The fraction of sp³-hybridized carbons (Fsp3) is 1.00. The molecule has 1 aliphatic carbocycles. The molecule has 2 heteroatoms. The van der Waals surface area contributed by atoms with Crippen molar-refractivity contribution in [3.63, 3.8) is 0 Å². The molecule has 0 aliphatic heterocycles. The Hall–Kier alpha value is -0.0800. The summed E-state index contributed by atoms with van der Waals surface area (Å²) < 4.78 is 0. The zero-order valence-electron chi connectivity index (χ0n) is 9.81. The summed E-state index contributed by atoms with van der Waals surface area (Å²) in [6, 6.07) is 0.801. The highest BCUT2D eigenvalue weighted by Crippen LogP contribution is 2.23. The van der Waals surface area contributed by atoms with Crippen molar-refractivity contribution in [1.29, 1.82) is 0 Å². The zero-order chi connectivity index (χ0) is 10.2. The minimum atomic E-state index is 0.801. The van der Waals surface area contributed by atoms with Crippen molar-refractivity contribution < 1.29 is 0 Å². The maximum atomic E-state index is 3.64. The van der Waals surface area contributed by atoms with Gasteiger partial charge in [0, 0.05) is 19.1 Å². The minimum absolute atomic E-state index is 0.801. The average molecular weight is 198 g/mol. The summed E-state index contributed by atoms with van der Waals surface area (Å²) in [4.78, 5) is 0. The van der Waals surface area contributed by atoms with Crippen molar-refractivity contribution in [1.82, 2.24) is 10.6 Å². The molecule has 1 fully saturated rings. The summed E-state index contributed by atoms with van der Waals surface area (Å²) in [6.07, 6.45) is 6.84. The van der Waals surface area contributed by atoms with E-state index in [9.17, 15) is 0 Å². The van der Waals surface area contributed by atoms with Gasteiger partial charge in [0.05, 0.1) is 0 Å². The molecular weight excluding hydrogens is 172 g/mol. The average Bonchev–Trinajstić information content (AvgIpc) is 2.21. The van der Waals surface area contributed by atoms with E-state index in [-0.39, 0.29) is 0 Å². The van der Waals surface area contributed by atoms with Crippen molar-refractivity contribution in [2.24, 2.45) is 5.92 Å². The van der Waals surface area contributed by atoms with Crippen LogP contribution in [0.3, 0.4) is 0 Å². The third-order valence-corrected chi connectivity index (χ3v) is 3.18. The number of hydrogen-bond donors (Lipinski definition) is 2. The first-order valence-corrected chi connectivity index (χ1v) is 6.27. The van der Waals surface area contributed by atoms with Gasteiger partial charge in [-0.15, -0.1) is 0 Å². The van der Waals surface area contributed by atoms with Crippen LogP contribution in [0.5, 0.6) is 0 Å². The second-order valence-electron chi connectivity index (χ2n) is 4.66. The third kappa shape index (κ3) is 4.97. The first kappa shape index (κ1) is 12.0. The molecule has 0 unspecified atom stereocenters. The van der Waals surface area contributed by atoms with Crippen LogP contribution in [0, 0.1) is 5.92 Å². The Labute approximate surface area is 88.8 Å². The maximum absolute atomic E-state index is 3.64. The van der Waals surface area contributed by atoms with Gasteiger partial charge in [-0.3, -0.25) is 0 Å². The van der Waals surface area contributed by atoms with Gasteiger partial charge in [-0.05, 0) is 44.6 Å². The third-order valence-electron chi connectivity index (χ3n) is 3.18. The molecule has 0 bridgehead atoms. The molecule has 0 atom stereocenters. The van der Waals surface area contributed by atoms with Gasteiger partial charge in [0.1, 0.15) is 0 Å². The lowest BCUT2D eigenvalue weighted by Gasteiger charge is -2.27. The van der Waals surface area contributed by atoms with Crippen LogP contribution < -0.4 is 10.6 Å². The molecular formula is C12H26N2. The van der Waals surface area contributed by atoms with E-state index in [0.717, 1.165) is 31.6 Å². The van der Waals surface area contributed by atoms with Crippen LogP contribution >= 0.6 is 0 Å². The van der Waals surface area contributed by atoms with Crippen LogP contribution in [0.25, 0.3) is 0 Å². The highest BCUT2D eigenvalue weighted by Gasteiger charge is 2.16. The Morgan fingerprint density at radius 2 is 1.71 bits per heavy atom. The van der Waals surface area contributed by atoms with Gasteiger partial charge in [0.25, 0.3) is 0 Å². The van der Waals surface area contributed by atoms with Gasteiger partial charge in [-0.1, -0.05) is 13.8 Å². The Morgan fingerprint density at radius 1 is 1.00 bits per heavy atom. The fourth-order valence-electron chi connectivity index (χ4n) is 2.13. The first-order valence-electron chi connectivity index (χ1n) is 6.27. The molecule has 0 spiro atoms. The molecule has 0 amide bonds. The molecule has 14 heavy (non-hydrogen) atoms. The van der Waals surface area contributed by atoms with Crippen LogP contribution in [0.15, 0.2) is 0 Å². The Kier molecular flexibility index (Phi) is 6.20. The second-order valence-corrected chi connectivity index (χ2v) is 4.66. The normalized spacial score (nSPS) is 27.9. The maximum Gasteiger partial charge on any atom is 0.00793 e. The lowest BCUT2D eigenvalue weighted by Crippen LogP contribution is -2.37. The van der Waals surface area contributed by atoms with Gasteiger partial charge in [-0.2, -0.15) is 0 Å². The largest absolute Gasteiger partial charge is 0.315 e. The summed E-state index contributed by atoms with van der Waals surface area (Å²) in [5, 5.41) is 7.06. The molecule has 0 aromatic heterocycles. The Bertz CT molecular complexity index is 128. The van der Waals surface area contributed by atoms with Crippen LogP contribution in [0.4, 0.5) is 0 Å². The molecule has 2 N–H and O–H groups in total. The van der Waals surface area contributed by atoms with Gasteiger partial charge in [0.15, 0.2) is 0 Å². The lowest BCUT2D eigenvalue weighted by atomic mass is 9.87. The van der Waals surface area contributed by atoms with E-state index in [1.165, 1.54) is 32.1 Å². The monoisotopic (exact) mass is 198 g/mol. The number of nitrogens with one attached hydrogen (secondary N) is 2. The predicted octanol–water partition coefficient (Wildman–Crippen LogP) is 2.15. The molecule has 0 aromatic rings. The molecule has 2 nitrogen and oxygen atoms in total. The summed E-state index contributed by atoms with van der Waals surface area (Å²) in [6.45, 7) is 8.00. The van der Waals surface area contributed by atoms with E-state index in [4.69, 9.17) is 0 Å². The molecule has 1 saturated carbocycles. The highest BCUT2D eigenvalue weighted by atomic mass is 15.0. The van der Waals surface area contributed by atoms with E-state index >= 15 is 0 Å². The standard InChI is InChI=1S/C12H26N2/c1-3-8-13-9-10-14-12-6-4-11(2)5-7-12/h11-14H,3-10H2,1-2H3. The van der Waals surface area contributed by atoms with Crippen molar-refractivity contribution in [2.75, 3.05) is 19.6 Å². The SMILES string of the molecule is CCCNCCNC1CCC(C)CC1. The van der Waals surface area contributed by atoms with Gasteiger partial charge < -0.3 is 10.6 Å². The zero-order valence-corrected chi connectivity index (χ0v) is 9.81. The van der Waals surface area contributed by atoms with Crippen molar-refractivity contribution in [2.45, 2.75) is 52.0 Å². The molecule has 0 saturated heterocycles. The highest BCUT2D eigenvalue weighted by molar-refractivity contribution is 4.75. The van der Waals surface area contributed by atoms with Gasteiger partial charge in [-0.25, -0.2) is 0 Å². The summed E-state index contributed by atoms with van der Waals surface area (Å²) in [7, 11) is 0. The van der Waals surface area contributed by atoms with Crippen molar-refractivity contribution >= 4 is 0 Å². The van der Waals surface area contributed by atoms with E-state index < -0.39 is 0 Å². The summed E-state index contributed by atoms with van der Waals surface area (Å²) >= 11 is 0. The minimum Gasteiger partial charge on any atom is -0.315 e. The van der Waals surface area contributed by atoms with E-state index in [2.05, 4.69) is 24.5 Å². The molecule has 1 rings (SSSR count). The molecule has 0 heterocycles. The first-order chi connectivity index (χ1) is 6.83. The lowest BCUT2D eigenvalue weighted by molar-refractivity contribution is 0.308. The smallest absolute Gasteiger partial charge is 0.00793 e. The molecule has 1 aliphatic rings. The number of rotatable bonds is 6. The van der Waals surface area contributed by atoms with Crippen molar-refractivity contribution in [3.05, 3.63) is 0 Å². The Balaban J connectivity index is 1.91. The number of hydrogen-bond acceptors (Lipinski definition) is 2. The fourth-order valence-corrected chi connectivity index (χ4v) is 2.13. The van der Waals surface area contributed by atoms with Gasteiger partial charge >= 0.3 is 0 Å². The topological polar surface area (TPSA) is 24.1 Å². The summed E-state index contributed by atoms with van der Waals surface area (Å²) in [5.74, 6) is 0.964. The van der Waals surface area contributed by atoms with E-state index in [1.54, 1.807) is 0 Å². The van der Waals surface area contributed by atoms with Crippen molar-refractivity contribution in [3.8, 4) is 0 Å². The van der Waals surface area contributed by atoms with Crippen LogP contribution in [-0.2, 0) is 0 Å².